The molecular weight excluding hydrogens is 370 g/mol. The lowest BCUT2D eigenvalue weighted by atomic mass is 10.1. The Morgan fingerprint density at radius 1 is 1.12 bits per heavy atom. The summed E-state index contributed by atoms with van der Waals surface area (Å²) in [4.78, 5) is 12.3. The van der Waals surface area contributed by atoms with Gasteiger partial charge in [0.25, 0.3) is 0 Å². The van der Waals surface area contributed by atoms with Crippen LogP contribution >= 0.6 is 15.9 Å². The molecule has 0 fully saturated rings. The number of aromatic nitrogens is 1. The molecule has 3 aromatic rings. The second-order valence-electron chi connectivity index (χ2n) is 5.01. The van der Waals surface area contributed by atoms with Crippen LogP contribution in [0.2, 0.25) is 0 Å². The average molecular weight is 384 g/mol. The molecule has 1 aromatic heterocycles. The molecule has 0 aliphatic rings. The van der Waals surface area contributed by atoms with Gasteiger partial charge in [0.2, 0.25) is 0 Å². The number of allylic oxidation sites excluding steroid dienone is 1. The molecule has 0 atom stereocenters. The maximum absolute atomic E-state index is 12.3. The van der Waals surface area contributed by atoms with Crippen LogP contribution in [0, 0.1) is 0 Å². The van der Waals surface area contributed by atoms with Gasteiger partial charge in [0.15, 0.2) is 5.78 Å². The van der Waals surface area contributed by atoms with Gasteiger partial charge in [-0.3, -0.25) is 4.79 Å². The predicted molar refractivity (Wildman–Crippen MR) is 96.0 cm³/mol. The zero-order valence-electron chi connectivity index (χ0n) is 12.9. The standard InChI is InChI=1S/C19H14BrNO3/c1-23-19-16(18(21-24-19)14-5-3-2-4-6-14)11-12-17(22)13-7-9-15(20)10-8-13/h2-12H,1H3/b12-11-. The van der Waals surface area contributed by atoms with Crippen LogP contribution in [0.25, 0.3) is 17.3 Å². The Kier molecular flexibility index (Phi) is 4.91. The summed E-state index contributed by atoms with van der Waals surface area (Å²) >= 11 is 3.35. The Balaban J connectivity index is 1.93. The van der Waals surface area contributed by atoms with E-state index in [1.165, 1.54) is 13.2 Å². The van der Waals surface area contributed by atoms with Crippen molar-refractivity contribution in [2.24, 2.45) is 0 Å². The van der Waals surface area contributed by atoms with Gasteiger partial charge < -0.3 is 9.26 Å². The Hall–Kier alpha value is -2.66. The van der Waals surface area contributed by atoms with Crippen molar-refractivity contribution in [2.45, 2.75) is 0 Å². The number of carbonyl (C=O) groups excluding carboxylic acids is 1. The third-order valence-corrected chi connectivity index (χ3v) is 3.99. The zero-order valence-corrected chi connectivity index (χ0v) is 14.5. The van der Waals surface area contributed by atoms with Crippen molar-refractivity contribution < 1.29 is 14.1 Å². The quantitative estimate of drug-likeness (QED) is 0.459. The average Bonchev–Trinajstić information content (AvgIpc) is 3.04. The van der Waals surface area contributed by atoms with E-state index in [-0.39, 0.29) is 11.7 Å². The maximum Gasteiger partial charge on any atom is 0.318 e. The van der Waals surface area contributed by atoms with E-state index in [1.54, 1.807) is 18.2 Å². The molecule has 3 rings (SSSR count). The summed E-state index contributed by atoms with van der Waals surface area (Å²) in [6.07, 6.45) is 3.16. The van der Waals surface area contributed by atoms with E-state index < -0.39 is 0 Å². The van der Waals surface area contributed by atoms with Crippen molar-refractivity contribution in [1.29, 1.82) is 0 Å². The minimum absolute atomic E-state index is 0.107. The van der Waals surface area contributed by atoms with Crippen molar-refractivity contribution in [3.8, 4) is 17.2 Å². The Morgan fingerprint density at radius 3 is 2.50 bits per heavy atom. The number of carbonyl (C=O) groups is 1. The Morgan fingerprint density at radius 2 is 1.83 bits per heavy atom. The third-order valence-electron chi connectivity index (χ3n) is 3.46. The largest absolute Gasteiger partial charge is 0.467 e. The molecular formula is C19H14BrNO3. The molecule has 0 unspecified atom stereocenters. The van der Waals surface area contributed by atoms with Gasteiger partial charge >= 0.3 is 5.95 Å². The lowest BCUT2D eigenvalue weighted by Gasteiger charge is -1.99. The first-order chi connectivity index (χ1) is 11.7. The highest BCUT2D eigenvalue weighted by Gasteiger charge is 2.16. The van der Waals surface area contributed by atoms with E-state index in [0.717, 1.165) is 10.0 Å². The van der Waals surface area contributed by atoms with Crippen LogP contribution in [-0.4, -0.2) is 18.0 Å². The van der Waals surface area contributed by atoms with Gasteiger partial charge in [-0.25, -0.2) is 0 Å². The van der Waals surface area contributed by atoms with E-state index in [2.05, 4.69) is 21.1 Å². The zero-order chi connectivity index (χ0) is 16.9. The summed E-state index contributed by atoms with van der Waals surface area (Å²) in [5.74, 6) is 0.165. The Labute approximate surface area is 147 Å². The van der Waals surface area contributed by atoms with Crippen molar-refractivity contribution in [3.05, 3.63) is 76.3 Å². The molecule has 5 heteroatoms. The van der Waals surface area contributed by atoms with Crippen molar-refractivity contribution >= 4 is 27.8 Å². The monoisotopic (exact) mass is 383 g/mol. The smallest absolute Gasteiger partial charge is 0.318 e. The summed E-state index contributed by atoms with van der Waals surface area (Å²) in [6, 6.07) is 16.8. The fourth-order valence-corrected chi connectivity index (χ4v) is 2.51. The highest BCUT2D eigenvalue weighted by molar-refractivity contribution is 9.10. The molecule has 4 nitrogen and oxygen atoms in total. The first-order valence-corrected chi connectivity index (χ1v) is 8.05. The summed E-state index contributed by atoms with van der Waals surface area (Å²) in [6.45, 7) is 0. The van der Waals surface area contributed by atoms with Crippen molar-refractivity contribution in [2.75, 3.05) is 7.11 Å². The summed E-state index contributed by atoms with van der Waals surface area (Å²) in [5, 5.41) is 4.05. The molecule has 1 heterocycles. The minimum Gasteiger partial charge on any atom is -0.467 e. The molecule has 0 radical (unpaired) electrons. The van der Waals surface area contributed by atoms with Crippen LogP contribution in [-0.2, 0) is 0 Å². The highest BCUT2D eigenvalue weighted by atomic mass is 79.9. The number of rotatable bonds is 5. The number of hydrogen-bond acceptors (Lipinski definition) is 4. The molecule has 120 valence electrons. The number of nitrogens with zero attached hydrogens (tertiary/aromatic N) is 1. The number of ketones is 1. The summed E-state index contributed by atoms with van der Waals surface area (Å²) < 4.78 is 11.3. The van der Waals surface area contributed by atoms with Gasteiger partial charge in [-0.15, -0.1) is 0 Å². The third kappa shape index (κ3) is 3.46. The van der Waals surface area contributed by atoms with Crippen molar-refractivity contribution in [1.82, 2.24) is 5.16 Å². The van der Waals surface area contributed by atoms with E-state index in [0.29, 0.717) is 16.8 Å². The SMILES string of the molecule is COc1onc(-c2ccccc2)c1/C=C\C(=O)c1ccc(Br)cc1. The van der Waals surface area contributed by atoms with Crippen molar-refractivity contribution in [3.63, 3.8) is 0 Å². The van der Waals surface area contributed by atoms with Gasteiger partial charge in [0.05, 0.1) is 12.7 Å². The lowest BCUT2D eigenvalue weighted by molar-refractivity contribution is 0.104. The van der Waals surface area contributed by atoms with Crippen LogP contribution in [0.5, 0.6) is 5.95 Å². The lowest BCUT2D eigenvalue weighted by Crippen LogP contribution is -1.93. The molecule has 0 aliphatic heterocycles. The second-order valence-corrected chi connectivity index (χ2v) is 5.92. The molecule has 0 saturated heterocycles. The molecule has 24 heavy (non-hydrogen) atoms. The molecule has 0 aliphatic carbocycles. The fraction of sp³-hybridized carbons (Fsp3) is 0.0526. The number of methoxy groups -OCH3 is 1. The highest BCUT2D eigenvalue weighted by Crippen LogP contribution is 2.31. The molecule has 0 amide bonds. The van der Waals surface area contributed by atoms with Gasteiger partial charge in [-0.2, -0.15) is 0 Å². The second kappa shape index (κ2) is 7.27. The van der Waals surface area contributed by atoms with Crippen LogP contribution in [0.3, 0.4) is 0 Å². The number of hydrogen-bond donors (Lipinski definition) is 0. The molecule has 0 N–H and O–H groups in total. The molecule has 2 aromatic carbocycles. The van der Waals surface area contributed by atoms with Gasteiger partial charge in [-0.05, 0) is 36.4 Å². The van der Waals surface area contributed by atoms with Crippen LogP contribution < -0.4 is 4.74 Å². The molecule has 0 bridgehead atoms. The van der Waals surface area contributed by atoms with E-state index in [9.17, 15) is 4.79 Å². The van der Waals surface area contributed by atoms with E-state index in [1.807, 2.05) is 42.5 Å². The Bertz CT molecular complexity index is 867. The topological polar surface area (TPSA) is 52.3 Å². The summed E-state index contributed by atoms with van der Waals surface area (Å²) in [7, 11) is 1.50. The molecule has 0 saturated carbocycles. The van der Waals surface area contributed by atoms with Gasteiger partial charge in [0, 0.05) is 15.6 Å². The number of ether oxygens (including phenoxy) is 1. The number of halogens is 1. The maximum atomic E-state index is 12.3. The normalized spacial score (nSPS) is 10.9. The van der Waals surface area contributed by atoms with Gasteiger partial charge in [0.1, 0.15) is 5.69 Å². The van der Waals surface area contributed by atoms with Crippen LogP contribution in [0.4, 0.5) is 0 Å². The van der Waals surface area contributed by atoms with Gasteiger partial charge in [-0.1, -0.05) is 51.4 Å². The summed E-state index contributed by atoms with van der Waals surface area (Å²) in [5.41, 5.74) is 2.76. The van der Waals surface area contributed by atoms with Crippen LogP contribution in [0.1, 0.15) is 15.9 Å². The van der Waals surface area contributed by atoms with Crippen LogP contribution in [0.15, 0.2) is 69.7 Å². The van der Waals surface area contributed by atoms with E-state index >= 15 is 0 Å². The van der Waals surface area contributed by atoms with E-state index in [4.69, 9.17) is 9.26 Å². The fourth-order valence-electron chi connectivity index (χ4n) is 2.25. The number of benzene rings is 2. The first kappa shape index (κ1) is 16.2. The first-order valence-electron chi connectivity index (χ1n) is 7.26. The molecule has 0 spiro atoms. The predicted octanol–water partition coefficient (Wildman–Crippen LogP) is 5.01. The minimum atomic E-state index is -0.107.